The largest absolute Gasteiger partial charge is 0.491 e. The molecule has 1 amide bonds. The first kappa shape index (κ1) is 21.4. The van der Waals surface area contributed by atoms with E-state index in [-0.39, 0.29) is 12.5 Å². The standard InChI is InChI=1S/C24H25N3O5/c1-3-31-16-12-25-27(13-16)15(2)22(23(28)29)26-24(30)32-14-21-19-10-6-4-8-17(19)18-9-5-7-11-20(18)21/h4-13,15,21-22H,3,14H2,1-2H3,(H,26,30)(H,28,29). The van der Waals surface area contributed by atoms with Crippen molar-refractivity contribution in [2.75, 3.05) is 13.2 Å². The van der Waals surface area contributed by atoms with Gasteiger partial charge in [-0.3, -0.25) is 4.68 Å². The van der Waals surface area contributed by atoms with E-state index < -0.39 is 24.1 Å². The predicted octanol–water partition coefficient (Wildman–Crippen LogP) is 3.83. The van der Waals surface area contributed by atoms with Crippen molar-refractivity contribution in [2.24, 2.45) is 0 Å². The minimum absolute atomic E-state index is 0.103. The van der Waals surface area contributed by atoms with Gasteiger partial charge in [-0.25, -0.2) is 9.59 Å². The quantitative estimate of drug-likeness (QED) is 0.557. The molecule has 1 aliphatic rings. The van der Waals surface area contributed by atoms with Crippen LogP contribution in [0, 0.1) is 0 Å². The second-order valence-electron chi connectivity index (χ2n) is 7.62. The highest BCUT2D eigenvalue weighted by Crippen LogP contribution is 2.44. The van der Waals surface area contributed by atoms with Crippen LogP contribution in [-0.4, -0.2) is 46.2 Å². The number of benzene rings is 2. The number of hydrogen-bond acceptors (Lipinski definition) is 5. The lowest BCUT2D eigenvalue weighted by atomic mass is 9.98. The first-order chi connectivity index (χ1) is 15.5. The maximum absolute atomic E-state index is 12.5. The third-order valence-electron chi connectivity index (χ3n) is 5.67. The molecule has 0 saturated heterocycles. The van der Waals surface area contributed by atoms with Gasteiger partial charge in [-0.1, -0.05) is 48.5 Å². The molecule has 2 aromatic carbocycles. The highest BCUT2D eigenvalue weighted by molar-refractivity contribution is 5.81. The number of rotatable bonds is 8. The number of ether oxygens (including phenoxy) is 2. The van der Waals surface area contributed by atoms with Crippen molar-refractivity contribution in [2.45, 2.75) is 31.8 Å². The number of hydrogen-bond donors (Lipinski definition) is 2. The van der Waals surface area contributed by atoms with E-state index in [0.29, 0.717) is 12.4 Å². The van der Waals surface area contributed by atoms with Crippen LogP contribution in [0.2, 0.25) is 0 Å². The summed E-state index contributed by atoms with van der Waals surface area (Å²) in [6.45, 7) is 4.09. The summed E-state index contributed by atoms with van der Waals surface area (Å²) in [4.78, 5) is 24.4. The third-order valence-corrected chi connectivity index (χ3v) is 5.67. The Bertz CT molecular complexity index is 1080. The molecule has 0 spiro atoms. The summed E-state index contributed by atoms with van der Waals surface area (Å²) in [5.74, 6) is -0.752. The number of carbonyl (C=O) groups excluding carboxylic acids is 1. The van der Waals surface area contributed by atoms with Crippen LogP contribution in [0.25, 0.3) is 11.1 Å². The molecule has 0 aliphatic heterocycles. The third kappa shape index (κ3) is 4.16. The molecule has 1 heterocycles. The first-order valence-electron chi connectivity index (χ1n) is 10.5. The Morgan fingerprint density at radius 3 is 2.34 bits per heavy atom. The average Bonchev–Trinajstić information content (AvgIpc) is 3.38. The van der Waals surface area contributed by atoms with Gasteiger partial charge in [-0.05, 0) is 36.1 Å². The molecular weight excluding hydrogens is 410 g/mol. The molecule has 3 aromatic rings. The zero-order valence-electron chi connectivity index (χ0n) is 17.9. The van der Waals surface area contributed by atoms with Crippen molar-refractivity contribution in [3.63, 3.8) is 0 Å². The molecule has 0 saturated carbocycles. The predicted molar refractivity (Wildman–Crippen MR) is 118 cm³/mol. The summed E-state index contributed by atoms with van der Waals surface area (Å²) in [7, 11) is 0. The number of amides is 1. The van der Waals surface area contributed by atoms with Crippen LogP contribution >= 0.6 is 0 Å². The molecule has 2 atom stereocenters. The lowest BCUT2D eigenvalue weighted by molar-refractivity contribution is -0.140. The van der Waals surface area contributed by atoms with Crippen molar-refractivity contribution in [3.05, 3.63) is 72.1 Å². The van der Waals surface area contributed by atoms with Crippen molar-refractivity contribution < 1.29 is 24.2 Å². The number of alkyl carbamates (subject to hydrolysis) is 1. The molecule has 0 bridgehead atoms. The first-order valence-corrected chi connectivity index (χ1v) is 10.5. The highest BCUT2D eigenvalue weighted by atomic mass is 16.5. The van der Waals surface area contributed by atoms with Gasteiger partial charge in [0.1, 0.15) is 6.61 Å². The van der Waals surface area contributed by atoms with E-state index in [9.17, 15) is 14.7 Å². The number of nitrogens with zero attached hydrogens (tertiary/aromatic N) is 2. The Balaban J connectivity index is 1.44. The van der Waals surface area contributed by atoms with Gasteiger partial charge in [-0.15, -0.1) is 0 Å². The van der Waals surface area contributed by atoms with E-state index in [1.165, 1.54) is 10.9 Å². The molecule has 1 aromatic heterocycles. The van der Waals surface area contributed by atoms with Crippen LogP contribution in [0.3, 0.4) is 0 Å². The Kier molecular flexibility index (Phi) is 6.11. The summed E-state index contributed by atoms with van der Waals surface area (Å²) in [6, 6.07) is 14.2. The van der Waals surface area contributed by atoms with Gasteiger partial charge < -0.3 is 19.9 Å². The summed E-state index contributed by atoms with van der Waals surface area (Å²) in [5, 5.41) is 16.3. The van der Waals surface area contributed by atoms with E-state index in [4.69, 9.17) is 9.47 Å². The second-order valence-corrected chi connectivity index (χ2v) is 7.62. The molecule has 8 heteroatoms. The van der Waals surface area contributed by atoms with Gasteiger partial charge in [0.25, 0.3) is 0 Å². The monoisotopic (exact) mass is 435 g/mol. The highest BCUT2D eigenvalue weighted by Gasteiger charge is 2.32. The molecule has 0 fully saturated rings. The zero-order valence-corrected chi connectivity index (χ0v) is 17.9. The fraction of sp³-hybridized carbons (Fsp3) is 0.292. The molecule has 8 nitrogen and oxygen atoms in total. The van der Waals surface area contributed by atoms with E-state index in [1.807, 2.05) is 43.3 Å². The van der Waals surface area contributed by atoms with E-state index in [1.54, 1.807) is 13.1 Å². The van der Waals surface area contributed by atoms with Crippen LogP contribution in [-0.2, 0) is 9.53 Å². The van der Waals surface area contributed by atoms with E-state index in [2.05, 4.69) is 22.5 Å². The van der Waals surface area contributed by atoms with E-state index in [0.717, 1.165) is 22.3 Å². The summed E-state index contributed by atoms with van der Waals surface area (Å²) >= 11 is 0. The van der Waals surface area contributed by atoms with Crippen molar-refractivity contribution in [1.29, 1.82) is 0 Å². The fourth-order valence-corrected chi connectivity index (χ4v) is 4.09. The average molecular weight is 435 g/mol. The Morgan fingerprint density at radius 1 is 1.12 bits per heavy atom. The Hall–Kier alpha value is -3.81. The van der Waals surface area contributed by atoms with Gasteiger partial charge in [0.2, 0.25) is 0 Å². The minimum atomic E-state index is -1.22. The molecule has 0 radical (unpaired) electrons. The maximum atomic E-state index is 12.5. The van der Waals surface area contributed by atoms with Crippen LogP contribution in [0.4, 0.5) is 4.79 Å². The van der Waals surface area contributed by atoms with Crippen LogP contribution in [0.15, 0.2) is 60.9 Å². The Morgan fingerprint density at radius 2 is 1.75 bits per heavy atom. The summed E-state index contributed by atoms with van der Waals surface area (Å²) in [5.41, 5.74) is 4.42. The van der Waals surface area contributed by atoms with Crippen molar-refractivity contribution >= 4 is 12.1 Å². The second kappa shape index (κ2) is 9.13. The smallest absolute Gasteiger partial charge is 0.407 e. The van der Waals surface area contributed by atoms with Crippen LogP contribution in [0.5, 0.6) is 5.75 Å². The van der Waals surface area contributed by atoms with Crippen molar-refractivity contribution in [3.8, 4) is 16.9 Å². The van der Waals surface area contributed by atoms with E-state index >= 15 is 0 Å². The summed E-state index contributed by atoms with van der Waals surface area (Å²) < 4.78 is 12.3. The molecule has 2 N–H and O–H groups in total. The fourth-order valence-electron chi connectivity index (χ4n) is 4.09. The molecule has 2 unspecified atom stereocenters. The number of carboxylic acid groups (broad SMARTS) is 1. The normalized spacial score (nSPS) is 14.2. The van der Waals surface area contributed by atoms with Crippen LogP contribution in [0.1, 0.15) is 36.9 Å². The number of carbonyl (C=O) groups is 2. The Labute approximate surface area is 185 Å². The lowest BCUT2D eigenvalue weighted by Crippen LogP contribution is -2.46. The molecule has 4 rings (SSSR count). The topological polar surface area (TPSA) is 103 Å². The van der Waals surface area contributed by atoms with Gasteiger partial charge in [0, 0.05) is 5.92 Å². The number of aliphatic carboxylic acids is 1. The molecule has 32 heavy (non-hydrogen) atoms. The lowest BCUT2D eigenvalue weighted by Gasteiger charge is -2.22. The van der Waals surface area contributed by atoms with Gasteiger partial charge >= 0.3 is 12.1 Å². The minimum Gasteiger partial charge on any atom is -0.491 e. The SMILES string of the molecule is CCOc1cnn(C(C)C(NC(=O)OCC2c3ccccc3-c3ccccc32)C(=O)O)c1. The number of fused-ring (bicyclic) bond motifs is 3. The van der Waals surface area contributed by atoms with Crippen LogP contribution < -0.4 is 10.1 Å². The molecule has 166 valence electrons. The zero-order chi connectivity index (χ0) is 22.7. The van der Waals surface area contributed by atoms with Crippen molar-refractivity contribution in [1.82, 2.24) is 15.1 Å². The van der Waals surface area contributed by atoms with Gasteiger partial charge in [0.15, 0.2) is 11.8 Å². The molecule has 1 aliphatic carbocycles. The summed E-state index contributed by atoms with van der Waals surface area (Å²) in [6.07, 6.45) is 2.32. The number of carboxylic acids is 1. The van der Waals surface area contributed by atoms with Gasteiger partial charge in [-0.2, -0.15) is 5.10 Å². The van der Waals surface area contributed by atoms with Gasteiger partial charge in [0.05, 0.1) is 25.0 Å². The molecular formula is C24H25N3O5. The maximum Gasteiger partial charge on any atom is 0.407 e. The number of nitrogens with one attached hydrogen (secondary N) is 1. The number of aromatic nitrogens is 2.